The van der Waals surface area contributed by atoms with Crippen molar-refractivity contribution in [3.63, 3.8) is 0 Å². The molecule has 2 aliphatic rings. The van der Waals surface area contributed by atoms with Gasteiger partial charge < -0.3 is 14.9 Å². The van der Waals surface area contributed by atoms with Crippen molar-refractivity contribution in [2.75, 3.05) is 26.2 Å². The third kappa shape index (κ3) is 2.52. The number of likely N-dealkylation sites (tertiary alicyclic amines) is 2. The van der Waals surface area contributed by atoms with Crippen LogP contribution in [0.2, 0.25) is 0 Å². The monoisotopic (exact) mass is 320 g/mol. The molecule has 1 N–H and O–H groups in total. The second kappa shape index (κ2) is 6.31. The van der Waals surface area contributed by atoms with Gasteiger partial charge in [-0.2, -0.15) is 5.10 Å². The Morgan fingerprint density at radius 2 is 2.09 bits per heavy atom. The Kier molecular flexibility index (Phi) is 4.39. The predicted molar refractivity (Wildman–Crippen MR) is 83.8 cm³/mol. The minimum Gasteiger partial charge on any atom is -0.395 e. The van der Waals surface area contributed by atoms with Crippen molar-refractivity contribution < 1.29 is 14.7 Å². The second-order valence-electron chi connectivity index (χ2n) is 6.24. The zero-order valence-corrected chi connectivity index (χ0v) is 13.6. The number of aromatic nitrogens is 2. The largest absolute Gasteiger partial charge is 0.395 e. The van der Waals surface area contributed by atoms with Crippen molar-refractivity contribution in [1.82, 2.24) is 19.6 Å². The van der Waals surface area contributed by atoms with E-state index in [1.165, 1.54) is 0 Å². The van der Waals surface area contributed by atoms with Crippen LogP contribution in [0.3, 0.4) is 0 Å². The van der Waals surface area contributed by atoms with Crippen LogP contribution < -0.4 is 0 Å². The van der Waals surface area contributed by atoms with Crippen LogP contribution in [0.15, 0.2) is 12.3 Å². The molecule has 0 radical (unpaired) electrons. The zero-order chi connectivity index (χ0) is 16.4. The van der Waals surface area contributed by atoms with E-state index in [0.29, 0.717) is 44.7 Å². The number of carbonyl (C=O) groups excluding carboxylic acids is 2. The average molecular weight is 320 g/mol. The van der Waals surface area contributed by atoms with Crippen LogP contribution in [-0.2, 0) is 11.3 Å². The Labute approximate surface area is 135 Å². The number of aliphatic hydroxyl groups excluding tert-OH is 1. The quantitative estimate of drug-likeness (QED) is 0.876. The molecular formula is C16H24N4O3. The predicted octanol–water partition coefficient (Wildman–Crippen LogP) is 0.492. The Morgan fingerprint density at radius 1 is 1.35 bits per heavy atom. The van der Waals surface area contributed by atoms with Crippen molar-refractivity contribution >= 4 is 11.8 Å². The molecule has 1 spiro atoms. The van der Waals surface area contributed by atoms with Gasteiger partial charge in [-0.15, -0.1) is 0 Å². The molecule has 1 unspecified atom stereocenters. The lowest BCUT2D eigenvalue weighted by Gasteiger charge is -2.44. The molecule has 23 heavy (non-hydrogen) atoms. The lowest BCUT2D eigenvalue weighted by Crippen LogP contribution is -2.61. The fraction of sp³-hybridized carbons (Fsp3) is 0.688. The topological polar surface area (TPSA) is 78.7 Å². The molecule has 3 rings (SSSR count). The Morgan fingerprint density at radius 3 is 2.78 bits per heavy atom. The number of hydrogen-bond acceptors (Lipinski definition) is 4. The normalized spacial score (nSPS) is 24.7. The number of amides is 2. The number of hydrogen-bond donors (Lipinski definition) is 1. The van der Waals surface area contributed by atoms with Crippen molar-refractivity contribution in [2.45, 2.75) is 44.7 Å². The summed E-state index contributed by atoms with van der Waals surface area (Å²) < 4.78 is 1.67. The molecule has 7 nitrogen and oxygen atoms in total. The first kappa shape index (κ1) is 16.0. The summed E-state index contributed by atoms with van der Waals surface area (Å²) in [5, 5.41) is 13.3. The molecule has 1 aromatic rings. The van der Waals surface area contributed by atoms with Gasteiger partial charge in [0, 0.05) is 32.4 Å². The maximum atomic E-state index is 13.0. The molecule has 1 atom stereocenters. The molecule has 1 aromatic heterocycles. The van der Waals surface area contributed by atoms with Gasteiger partial charge in [0.1, 0.15) is 11.2 Å². The lowest BCUT2D eigenvalue weighted by molar-refractivity contribution is -0.146. The van der Waals surface area contributed by atoms with E-state index in [4.69, 9.17) is 0 Å². The van der Waals surface area contributed by atoms with Gasteiger partial charge in [0.15, 0.2) is 0 Å². The van der Waals surface area contributed by atoms with E-state index in [0.717, 1.165) is 12.8 Å². The highest BCUT2D eigenvalue weighted by atomic mass is 16.3. The van der Waals surface area contributed by atoms with Crippen molar-refractivity contribution in [1.29, 1.82) is 0 Å². The SMILES string of the molecule is CCn1nccc1C(=O)N1CCCC12CCCN(CCO)C2=O. The van der Waals surface area contributed by atoms with Crippen LogP contribution >= 0.6 is 0 Å². The van der Waals surface area contributed by atoms with E-state index in [2.05, 4.69) is 5.10 Å². The summed E-state index contributed by atoms with van der Waals surface area (Å²) >= 11 is 0. The number of β-amino-alcohol motifs (C(OH)–C–C–N with tert-alkyl or cyclic N) is 1. The molecule has 2 aliphatic heterocycles. The van der Waals surface area contributed by atoms with Crippen LogP contribution in [-0.4, -0.2) is 68.3 Å². The highest BCUT2D eigenvalue weighted by Crippen LogP contribution is 2.39. The number of rotatable bonds is 4. The smallest absolute Gasteiger partial charge is 0.273 e. The van der Waals surface area contributed by atoms with Gasteiger partial charge in [-0.1, -0.05) is 0 Å². The Balaban J connectivity index is 1.90. The van der Waals surface area contributed by atoms with E-state index in [1.807, 2.05) is 6.92 Å². The maximum absolute atomic E-state index is 13.0. The molecule has 126 valence electrons. The molecule has 0 bridgehead atoms. The summed E-state index contributed by atoms with van der Waals surface area (Å²) in [6, 6.07) is 1.72. The minimum absolute atomic E-state index is 0.00814. The van der Waals surface area contributed by atoms with Gasteiger partial charge in [-0.3, -0.25) is 14.3 Å². The molecule has 0 saturated carbocycles. The van der Waals surface area contributed by atoms with Gasteiger partial charge in [0.2, 0.25) is 5.91 Å². The van der Waals surface area contributed by atoms with Crippen molar-refractivity contribution in [3.8, 4) is 0 Å². The standard InChI is InChI=1S/C16H24N4O3/c1-2-20-13(5-8-17-20)14(22)19-10-4-7-16(19)6-3-9-18(11-12-21)15(16)23/h5,8,21H,2-4,6-7,9-12H2,1H3. The third-order valence-electron chi connectivity index (χ3n) is 5.04. The second-order valence-corrected chi connectivity index (χ2v) is 6.24. The van der Waals surface area contributed by atoms with Gasteiger partial charge in [-0.05, 0) is 38.7 Å². The summed E-state index contributed by atoms with van der Waals surface area (Å²) in [6.45, 7) is 4.13. The first-order chi connectivity index (χ1) is 11.1. The van der Waals surface area contributed by atoms with Crippen molar-refractivity contribution in [2.24, 2.45) is 0 Å². The van der Waals surface area contributed by atoms with Gasteiger partial charge in [0.05, 0.1) is 6.61 Å². The molecular weight excluding hydrogens is 296 g/mol. The number of piperidine rings is 1. The fourth-order valence-electron chi connectivity index (χ4n) is 3.96. The number of carbonyl (C=O) groups is 2. The molecule has 3 heterocycles. The van der Waals surface area contributed by atoms with E-state index >= 15 is 0 Å². The summed E-state index contributed by atoms with van der Waals surface area (Å²) in [7, 11) is 0. The summed E-state index contributed by atoms with van der Waals surface area (Å²) in [5.74, 6) is -0.118. The van der Waals surface area contributed by atoms with Crippen LogP contribution in [0.1, 0.15) is 43.1 Å². The molecule has 2 amide bonds. The zero-order valence-electron chi connectivity index (χ0n) is 13.6. The first-order valence-corrected chi connectivity index (χ1v) is 8.38. The van der Waals surface area contributed by atoms with Crippen LogP contribution in [0.4, 0.5) is 0 Å². The summed E-state index contributed by atoms with van der Waals surface area (Å²) in [6.07, 6.45) is 4.74. The molecule has 0 aliphatic carbocycles. The minimum atomic E-state index is -0.729. The van der Waals surface area contributed by atoms with Gasteiger partial charge in [0.25, 0.3) is 5.91 Å². The average Bonchev–Trinajstić information content (AvgIpc) is 3.19. The number of nitrogens with zero attached hydrogens (tertiary/aromatic N) is 4. The molecule has 0 aromatic carbocycles. The highest BCUT2D eigenvalue weighted by Gasteiger charge is 2.52. The molecule has 2 saturated heterocycles. The fourth-order valence-corrected chi connectivity index (χ4v) is 3.96. The molecule has 7 heteroatoms. The highest BCUT2D eigenvalue weighted by molar-refractivity contribution is 5.99. The first-order valence-electron chi connectivity index (χ1n) is 8.38. The van der Waals surface area contributed by atoms with E-state index in [-0.39, 0.29) is 18.4 Å². The third-order valence-corrected chi connectivity index (χ3v) is 5.04. The van der Waals surface area contributed by atoms with E-state index < -0.39 is 5.54 Å². The van der Waals surface area contributed by atoms with Crippen molar-refractivity contribution in [3.05, 3.63) is 18.0 Å². The summed E-state index contributed by atoms with van der Waals surface area (Å²) in [4.78, 5) is 29.4. The number of aliphatic hydroxyl groups is 1. The van der Waals surface area contributed by atoms with E-state index in [1.54, 1.807) is 26.7 Å². The van der Waals surface area contributed by atoms with Crippen LogP contribution in [0.5, 0.6) is 0 Å². The van der Waals surface area contributed by atoms with Crippen LogP contribution in [0, 0.1) is 0 Å². The lowest BCUT2D eigenvalue weighted by atomic mass is 9.85. The van der Waals surface area contributed by atoms with Gasteiger partial charge in [-0.25, -0.2) is 0 Å². The maximum Gasteiger partial charge on any atom is 0.273 e. The summed E-state index contributed by atoms with van der Waals surface area (Å²) in [5.41, 5.74) is -0.186. The Bertz CT molecular complexity index is 598. The van der Waals surface area contributed by atoms with Gasteiger partial charge >= 0.3 is 0 Å². The number of aryl methyl sites for hydroxylation is 1. The molecule has 2 fully saturated rings. The van der Waals surface area contributed by atoms with E-state index in [9.17, 15) is 14.7 Å². The van der Waals surface area contributed by atoms with Crippen LogP contribution in [0.25, 0.3) is 0 Å². The Hall–Kier alpha value is -1.89.